The van der Waals surface area contributed by atoms with E-state index in [0.717, 1.165) is 49.8 Å². The van der Waals surface area contributed by atoms with Crippen LogP contribution in [0.3, 0.4) is 0 Å². The van der Waals surface area contributed by atoms with Crippen molar-refractivity contribution in [2.45, 2.75) is 25.0 Å². The first kappa shape index (κ1) is 19.5. The van der Waals surface area contributed by atoms with Gasteiger partial charge >= 0.3 is 0 Å². The van der Waals surface area contributed by atoms with Crippen LogP contribution in [0.2, 0.25) is 0 Å². The highest BCUT2D eigenvalue weighted by Gasteiger charge is 2.33. The normalized spacial score (nSPS) is 17.9. The van der Waals surface area contributed by atoms with E-state index in [9.17, 15) is 0 Å². The van der Waals surface area contributed by atoms with Crippen molar-refractivity contribution in [3.8, 4) is 22.8 Å². The van der Waals surface area contributed by atoms with Gasteiger partial charge in [-0.1, -0.05) is 12.1 Å². The molecule has 158 valence electrons. The molecule has 0 aliphatic heterocycles. The van der Waals surface area contributed by atoms with Crippen LogP contribution in [0.5, 0.6) is 11.6 Å². The van der Waals surface area contributed by atoms with Crippen LogP contribution in [0.25, 0.3) is 32.9 Å². The first-order valence-corrected chi connectivity index (χ1v) is 11.6. The molecule has 0 saturated heterocycles. The number of nitrogens with one attached hydrogen (secondary N) is 1. The Labute approximate surface area is 198 Å². The lowest BCUT2D eigenvalue weighted by molar-refractivity contribution is 0.00208. The van der Waals surface area contributed by atoms with Crippen LogP contribution in [-0.2, 0) is 0 Å². The number of fused-ring (bicyclic) bond motifs is 3. The van der Waals surface area contributed by atoms with E-state index in [-0.39, 0.29) is 12.2 Å². The molecule has 6 rings (SSSR count). The number of ether oxygens (including phenoxy) is 2. The Balaban J connectivity index is 1.10. The number of aromatic amines is 1. The standard InChI is InChI=1S/C25H19IN4O2/c26-24-5-3-17(13-28-24)31-18-10-19(11-18)32-25-6-2-16(12-29-25)15-1-4-20-21-14-27-8-7-22(21)30-23(20)9-15/h1-9,12-14,18-19,30H,10-11H2. The lowest BCUT2D eigenvalue weighted by atomic mass is 9.92. The SMILES string of the molecule is Ic1ccc(OC2CC(Oc3ccc(-c4ccc5c(c4)[nH]c4ccncc45)cn3)C2)cn1. The van der Waals surface area contributed by atoms with Gasteiger partial charge in [-0.2, -0.15) is 0 Å². The molecule has 0 amide bonds. The van der Waals surface area contributed by atoms with Crippen molar-refractivity contribution >= 4 is 44.4 Å². The molecule has 0 radical (unpaired) electrons. The smallest absolute Gasteiger partial charge is 0.213 e. The fourth-order valence-corrected chi connectivity index (χ4v) is 4.37. The molecule has 1 N–H and O–H groups in total. The number of rotatable bonds is 5. The van der Waals surface area contributed by atoms with Gasteiger partial charge in [0.1, 0.15) is 21.7 Å². The monoisotopic (exact) mass is 534 g/mol. The van der Waals surface area contributed by atoms with Gasteiger partial charge in [-0.25, -0.2) is 9.97 Å². The molecule has 7 heteroatoms. The highest BCUT2D eigenvalue weighted by Crippen LogP contribution is 2.31. The van der Waals surface area contributed by atoms with E-state index in [1.807, 2.05) is 36.7 Å². The topological polar surface area (TPSA) is 72.9 Å². The molecule has 4 heterocycles. The van der Waals surface area contributed by atoms with Gasteiger partial charge in [0, 0.05) is 64.9 Å². The maximum atomic E-state index is 6.02. The molecule has 0 bridgehead atoms. The summed E-state index contributed by atoms with van der Waals surface area (Å²) in [5.74, 6) is 1.45. The summed E-state index contributed by atoms with van der Waals surface area (Å²) < 4.78 is 12.9. The summed E-state index contributed by atoms with van der Waals surface area (Å²) in [7, 11) is 0. The molecule has 1 aliphatic carbocycles. The maximum absolute atomic E-state index is 6.02. The first-order valence-electron chi connectivity index (χ1n) is 10.5. The highest BCUT2D eigenvalue weighted by molar-refractivity contribution is 14.1. The van der Waals surface area contributed by atoms with Crippen molar-refractivity contribution in [1.82, 2.24) is 19.9 Å². The third-order valence-electron chi connectivity index (χ3n) is 5.81. The van der Waals surface area contributed by atoms with Crippen molar-refractivity contribution in [1.29, 1.82) is 0 Å². The highest BCUT2D eigenvalue weighted by atomic mass is 127. The predicted molar refractivity (Wildman–Crippen MR) is 132 cm³/mol. The van der Waals surface area contributed by atoms with Gasteiger partial charge in [-0.3, -0.25) is 4.98 Å². The zero-order valence-electron chi connectivity index (χ0n) is 17.0. The molecule has 1 aromatic carbocycles. The van der Waals surface area contributed by atoms with Crippen LogP contribution >= 0.6 is 22.6 Å². The van der Waals surface area contributed by atoms with Crippen LogP contribution in [0.4, 0.5) is 0 Å². The molecule has 32 heavy (non-hydrogen) atoms. The molecule has 5 aromatic rings. The molecule has 1 aliphatic rings. The number of pyridine rings is 3. The lowest BCUT2D eigenvalue weighted by Gasteiger charge is -2.34. The van der Waals surface area contributed by atoms with Gasteiger partial charge in [-0.05, 0) is 58.5 Å². The van der Waals surface area contributed by atoms with Crippen LogP contribution in [-0.4, -0.2) is 32.1 Å². The van der Waals surface area contributed by atoms with E-state index < -0.39 is 0 Å². The van der Waals surface area contributed by atoms with Crippen LogP contribution in [0.1, 0.15) is 12.8 Å². The summed E-state index contributed by atoms with van der Waals surface area (Å²) in [4.78, 5) is 16.5. The van der Waals surface area contributed by atoms with Gasteiger partial charge < -0.3 is 14.5 Å². The zero-order valence-corrected chi connectivity index (χ0v) is 19.2. The minimum atomic E-state index is 0.131. The minimum absolute atomic E-state index is 0.131. The van der Waals surface area contributed by atoms with Crippen molar-refractivity contribution in [3.05, 3.63) is 77.0 Å². The van der Waals surface area contributed by atoms with Gasteiger partial charge in [0.15, 0.2) is 0 Å². The Morgan fingerprint density at radius 3 is 2.47 bits per heavy atom. The number of aromatic nitrogens is 4. The molecule has 1 saturated carbocycles. The van der Waals surface area contributed by atoms with Crippen molar-refractivity contribution in [3.63, 3.8) is 0 Å². The summed E-state index contributed by atoms with van der Waals surface area (Å²) in [6.45, 7) is 0. The second kappa shape index (κ2) is 8.05. The van der Waals surface area contributed by atoms with E-state index in [1.54, 1.807) is 12.4 Å². The number of halogens is 1. The second-order valence-electron chi connectivity index (χ2n) is 7.96. The molecule has 1 fully saturated rings. The van der Waals surface area contributed by atoms with E-state index in [1.165, 1.54) is 5.39 Å². The van der Waals surface area contributed by atoms with Gasteiger partial charge in [0.2, 0.25) is 5.88 Å². The molecular weight excluding hydrogens is 515 g/mol. The van der Waals surface area contributed by atoms with Gasteiger partial charge in [0.25, 0.3) is 0 Å². The third kappa shape index (κ3) is 3.77. The summed E-state index contributed by atoms with van der Waals surface area (Å²) in [5.41, 5.74) is 4.35. The van der Waals surface area contributed by atoms with Crippen molar-refractivity contribution in [2.75, 3.05) is 0 Å². The van der Waals surface area contributed by atoms with Crippen LogP contribution in [0.15, 0.2) is 73.3 Å². The summed E-state index contributed by atoms with van der Waals surface area (Å²) >= 11 is 2.18. The Morgan fingerprint density at radius 1 is 0.781 bits per heavy atom. The number of H-pyrrole nitrogens is 1. The fraction of sp³-hybridized carbons (Fsp3) is 0.160. The summed E-state index contributed by atoms with van der Waals surface area (Å²) in [6, 6.07) is 16.3. The average Bonchev–Trinajstić information content (AvgIpc) is 3.17. The van der Waals surface area contributed by atoms with E-state index >= 15 is 0 Å². The largest absolute Gasteiger partial charge is 0.489 e. The Morgan fingerprint density at radius 2 is 1.66 bits per heavy atom. The molecule has 4 aromatic heterocycles. The molecular formula is C25H19IN4O2. The van der Waals surface area contributed by atoms with E-state index in [0.29, 0.717) is 5.88 Å². The summed E-state index contributed by atoms with van der Waals surface area (Å²) in [5, 5.41) is 2.31. The molecule has 6 nitrogen and oxygen atoms in total. The zero-order chi connectivity index (χ0) is 21.5. The number of nitrogens with zero attached hydrogens (tertiary/aromatic N) is 3. The van der Waals surface area contributed by atoms with Crippen LogP contribution in [0, 0.1) is 3.70 Å². The van der Waals surface area contributed by atoms with Crippen molar-refractivity contribution < 1.29 is 9.47 Å². The predicted octanol–water partition coefficient (Wildman–Crippen LogP) is 5.77. The Hall–Kier alpha value is -3.20. The second-order valence-corrected chi connectivity index (χ2v) is 9.06. The lowest BCUT2D eigenvalue weighted by Crippen LogP contribution is -2.41. The van der Waals surface area contributed by atoms with Crippen LogP contribution < -0.4 is 9.47 Å². The maximum Gasteiger partial charge on any atom is 0.213 e. The number of benzene rings is 1. The van der Waals surface area contributed by atoms with E-state index in [4.69, 9.17) is 9.47 Å². The Bertz CT molecular complexity index is 1390. The first-order chi connectivity index (χ1) is 15.7. The van der Waals surface area contributed by atoms with E-state index in [2.05, 4.69) is 66.8 Å². The summed E-state index contributed by atoms with van der Waals surface area (Å²) in [6.07, 6.45) is 9.32. The number of hydrogen-bond donors (Lipinski definition) is 1. The van der Waals surface area contributed by atoms with Crippen molar-refractivity contribution in [2.24, 2.45) is 0 Å². The average molecular weight is 534 g/mol. The quantitative estimate of drug-likeness (QED) is 0.229. The molecule has 0 atom stereocenters. The molecule has 0 spiro atoms. The fourth-order valence-electron chi connectivity index (χ4n) is 4.05. The minimum Gasteiger partial charge on any atom is -0.489 e. The van der Waals surface area contributed by atoms with Gasteiger partial charge in [0.05, 0.1) is 6.20 Å². The number of hydrogen-bond acceptors (Lipinski definition) is 5. The molecule has 0 unspecified atom stereocenters. The third-order valence-corrected chi connectivity index (χ3v) is 6.45. The van der Waals surface area contributed by atoms with Gasteiger partial charge in [-0.15, -0.1) is 0 Å². The Kier molecular flexibility index (Phi) is 4.90.